The maximum atomic E-state index is 12.4. The lowest BCUT2D eigenvalue weighted by Crippen LogP contribution is -2.54. The van der Waals surface area contributed by atoms with Crippen molar-refractivity contribution in [2.45, 2.75) is 19.8 Å². The van der Waals surface area contributed by atoms with E-state index in [1.165, 1.54) is 0 Å². The number of aromatic nitrogens is 1. The van der Waals surface area contributed by atoms with Gasteiger partial charge in [0, 0.05) is 45.5 Å². The molecule has 0 radical (unpaired) electrons. The van der Waals surface area contributed by atoms with E-state index in [9.17, 15) is 9.59 Å². The van der Waals surface area contributed by atoms with E-state index in [1.54, 1.807) is 16.0 Å². The van der Waals surface area contributed by atoms with Crippen LogP contribution in [0.5, 0.6) is 0 Å². The van der Waals surface area contributed by atoms with Gasteiger partial charge in [0.05, 0.1) is 0 Å². The van der Waals surface area contributed by atoms with Crippen molar-refractivity contribution in [1.82, 2.24) is 14.8 Å². The number of carbonyl (C=O) groups is 2. The predicted octanol–water partition coefficient (Wildman–Crippen LogP) is 0.989. The Hall–Kier alpha value is -2.11. The van der Waals surface area contributed by atoms with Crippen LogP contribution >= 0.6 is 0 Å². The highest BCUT2D eigenvalue weighted by Crippen LogP contribution is 2.17. The van der Waals surface area contributed by atoms with Crippen molar-refractivity contribution >= 4 is 17.6 Å². The van der Waals surface area contributed by atoms with Gasteiger partial charge in [-0.2, -0.15) is 0 Å². The van der Waals surface area contributed by atoms with E-state index in [0.29, 0.717) is 45.2 Å². The molecule has 0 bridgehead atoms. The van der Waals surface area contributed by atoms with Crippen LogP contribution in [0.3, 0.4) is 0 Å². The van der Waals surface area contributed by atoms with Crippen LogP contribution < -0.4 is 4.90 Å². The van der Waals surface area contributed by atoms with Gasteiger partial charge >= 0.3 is 11.8 Å². The SMILES string of the molecule is CC1CCN(C(=O)C(=O)N2CCN(c3ccccn3)CC2)CC1. The quantitative estimate of drug-likeness (QED) is 0.725. The van der Waals surface area contributed by atoms with Crippen molar-refractivity contribution in [3.63, 3.8) is 0 Å². The fourth-order valence-electron chi connectivity index (χ4n) is 3.16. The Balaban J connectivity index is 1.53. The number of hydrogen-bond acceptors (Lipinski definition) is 4. The third-order valence-electron chi connectivity index (χ3n) is 4.79. The highest BCUT2D eigenvalue weighted by molar-refractivity contribution is 6.34. The average Bonchev–Trinajstić information content (AvgIpc) is 2.62. The molecule has 2 saturated heterocycles. The first-order valence-corrected chi connectivity index (χ1v) is 8.39. The molecule has 0 unspecified atom stereocenters. The van der Waals surface area contributed by atoms with E-state index in [-0.39, 0.29) is 11.8 Å². The monoisotopic (exact) mass is 316 g/mol. The minimum absolute atomic E-state index is 0.330. The summed E-state index contributed by atoms with van der Waals surface area (Å²) in [6.45, 7) is 6.19. The molecule has 124 valence electrons. The van der Waals surface area contributed by atoms with Gasteiger partial charge in [-0.05, 0) is 30.9 Å². The van der Waals surface area contributed by atoms with Crippen LogP contribution in [0.1, 0.15) is 19.8 Å². The van der Waals surface area contributed by atoms with Crippen molar-refractivity contribution < 1.29 is 9.59 Å². The van der Waals surface area contributed by atoms with Gasteiger partial charge in [-0.25, -0.2) is 4.98 Å². The van der Waals surface area contributed by atoms with E-state index in [1.807, 2.05) is 18.2 Å². The van der Waals surface area contributed by atoms with Gasteiger partial charge in [0.2, 0.25) is 0 Å². The lowest BCUT2D eigenvalue weighted by atomic mass is 9.99. The molecule has 0 aliphatic carbocycles. The predicted molar refractivity (Wildman–Crippen MR) is 88.0 cm³/mol. The summed E-state index contributed by atoms with van der Waals surface area (Å²) in [6.07, 6.45) is 3.76. The largest absolute Gasteiger partial charge is 0.353 e. The van der Waals surface area contributed by atoms with Gasteiger partial charge < -0.3 is 14.7 Å². The molecule has 3 rings (SSSR count). The highest BCUT2D eigenvalue weighted by Gasteiger charge is 2.31. The third-order valence-corrected chi connectivity index (χ3v) is 4.79. The first-order valence-electron chi connectivity index (χ1n) is 8.39. The van der Waals surface area contributed by atoms with Gasteiger partial charge in [0.25, 0.3) is 0 Å². The lowest BCUT2D eigenvalue weighted by molar-refractivity contribution is -0.152. The Bertz CT molecular complexity index is 547. The van der Waals surface area contributed by atoms with Crippen LogP contribution in [0.15, 0.2) is 24.4 Å². The lowest BCUT2D eigenvalue weighted by Gasteiger charge is -2.36. The van der Waals surface area contributed by atoms with Gasteiger partial charge in [-0.3, -0.25) is 9.59 Å². The average molecular weight is 316 g/mol. The maximum Gasteiger partial charge on any atom is 0.312 e. The second kappa shape index (κ2) is 6.98. The number of carbonyl (C=O) groups excluding carboxylic acids is 2. The normalized spacial score (nSPS) is 19.8. The summed E-state index contributed by atoms with van der Waals surface area (Å²) in [6, 6.07) is 5.82. The highest BCUT2D eigenvalue weighted by atomic mass is 16.2. The van der Waals surface area contributed by atoms with Crippen LogP contribution in [-0.4, -0.2) is 65.9 Å². The Morgan fingerprint density at radius 2 is 1.57 bits per heavy atom. The fraction of sp³-hybridized carbons (Fsp3) is 0.588. The molecule has 2 amide bonds. The van der Waals surface area contributed by atoms with Crippen LogP contribution in [0, 0.1) is 5.92 Å². The van der Waals surface area contributed by atoms with Crippen LogP contribution in [0.25, 0.3) is 0 Å². The molecule has 2 aliphatic rings. The second-order valence-electron chi connectivity index (χ2n) is 6.44. The summed E-state index contributed by atoms with van der Waals surface area (Å²) < 4.78 is 0. The molecule has 0 atom stereocenters. The number of piperazine rings is 1. The molecule has 0 aromatic carbocycles. The summed E-state index contributed by atoms with van der Waals surface area (Å²) >= 11 is 0. The summed E-state index contributed by atoms with van der Waals surface area (Å²) in [5, 5.41) is 0. The Kier molecular flexibility index (Phi) is 4.79. The van der Waals surface area contributed by atoms with Crippen LogP contribution in [0.2, 0.25) is 0 Å². The topological polar surface area (TPSA) is 56.8 Å². The third kappa shape index (κ3) is 3.63. The molecule has 1 aromatic rings. The Morgan fingerprint density at radius 1 is 0.957 bits per heavy atom. The zero-order valence-electron chi connectivity index (χ0n) is 13.6. The van der Waals surface area contributed by atoms with Crippen LogP contribution in [0.4, 0.5) is 5.82 Å². The summed E-state index contributed by atoms with van der Waals surface area (Å²) in [5.74, 6) is 0.899. The molecule has 0 N–H and O–H groups in total. The number of likely N-dealkylation sites (tertiary alicyclic amines) is 1. The number of amides is 2. The minimum Gasteiger partial charge on any atom is -0.353 e. The first kappa shape index (κ1) is 15.8. The zero-order chi connectivity index (χ0) is 16.2. The molecular weight excluding hydrogens is 292 g/mol. The van der Waals surface area contributed by atoms with Crippen molar-refractivity contribution in [2.24, 2.45) is 5.92 Å². The van der Waals surface area contributed by atoms with E-state index >= 15 is 0 Å². The number of piperidine rings is 1. The number of nitrogens with zero attached hydrogens (tertiary/aromatic N) is 4. The van der Waals surface area contributed by atoms with E-state index in [4.69, 9.17) is 0 Å². The molecule has 23 heavy (non-hydrogen) atoms. The van der Waals surface area contributed by atoms with E-state index < -0.39 is 0 Å². The minimum atomic E-state index is -0.347. The van der Waals surface area contributed by atoms with E-state index in [0.717, 1.165) is 18.7 Å². The van der Waals surface area contributed by atoms with Crippen LogP contribution in [-0.2, 0) is 9.59 Å². The van der Waals surface area contributed by atoms with Crippen molar-refractivity contribution in [1.29, 1.82) is 0 Å². The zero-order valence-corrected chi connectivity index (χ0v) is 13.6. The number of pyridine rings is 1. The summed E-state index contributed by atoms with van der Waals surface area (Å²) in [5.41, 5.74) is 0. The Morgan fingerprint density at radius 3 is 2.13 bits per heavy atom. The van der Waals surface area contributed by atoms with Gasteiger partial charge in [-0.15, -0.1) is 0 Å². The molecule has 1 aromatic heterocycles. The van der Waals surface area contributed by atoms with Crippen molar-refractivity contribution in [2.75, 3.05) is 44.2 Å². The van der Waals surface area contributed by atoms with Crippen molar-refractivity contribution in [3.8, 4) is 0 Å². The number of anilines is 1. The molecular formula is C17H24N4O2. The molecule has 6 nitrogen and oxygen atoms in total. The van der Waals surface area contributed by atoms with Gasteiger partial charge in [0.15, 0.2) is 0 Å². The van der Waals surface area contributed by atoms with Crippen molar-refractivity contribution in [3.05, 3.63) is 24.4 Å². The second-order valence-corrected chi connectivity index (χ2v) is 6.44. The first-order chi connectivity index (χ1) is 11.1. The summed E-state index contributed by atoms with van der Waals surface area (Å²) in [4.78, 5) is 34.7. The smallest absolute Gasteiger partial charge is 0.312 e. The Labute approximate surface area is 137 Å². The standard InChI is InChI=1S/C17H24N4O2/c1-14-5-8-20(9-6-14)16(22)17(23)21-12-10-19(11-13-21)15-4-2-3-7-18-15/h2-4,7,14H,5-6,8-13H2,1H3. The van der Waals surface area contributed by atoms with Gasteiger partial charge in [0.1, 0.15) is 5.82 Å². The molecule has 2 aliphatic heterocycles. The molecule has 6 heteroatoms. The fourth-order valence-corrected chi connectivity index (χ4v) is 3.16. The number of rotatable bonds is 1. The molecule has 3 heterocycles. The summed E-state index contributed by atoms with van der Waals surface area (Å²) in [7, 11) is 0. The van der Waals surface area contributed by atoms with E-state index in [2.05, 4.69) is 16.8 Å². The molecule has 0 saturated carbocycles. The maximum absolute atomic E-state index is 12.4. The molecule has 0 spiro atoms. The number of hydrogen-bond donors (Lipinski definition) is 0. The molecule has 2 fully saturated rings. The van der Waals surface area contributed by atoms with Gasteiger partial charge in [-0.1, -0.05) is 13.0 Å².